The molecule has 1 N–H and O–H groups in total. The predicted octanol–water partition coefficient (Wildman–Crippen LogP) is 2.76. The average Bonchev–Trinajstić information content (AvgIpc) is 2.71. The van der Waals surface area contributed by atoms with E-state index in [1.807, 2.05) is 0 Å². The van der Waals surface area contributed by atoms with Gasteiger partial charge in [-0.25, -0.2) is 26.7 Å². The van der Waals surface area contributed by atoms with Crippen molar-refractivity contribution in [2.75, 3.05) is 6.61 Å². The lowest BCUT2D eigenvalue weighted by Gasteiger charge is -2.16. The third-order valence-electron chi connectivity index (χ3n) is 3.94. The lowest BCUT2D eigenvalue weighted by molar-refractivity contribution is -0.147. The number of carbonyl (C=O) groups is 2. The molecule has 0 aliphatic rings. The molecule has 2 aromatic rings. The molecule has 0 aliphatic heterocycles. The molecule has 2 rings (SSSR count). The van der Waals surface area contributed by atoms with Gasteiger partial charge in [-0.15, -0.1) is 0 Å². The van der Waals surface area contributed by atoms with Crippen molar-refractivity contribution in [3.63, 3.8) is 0 Å². The van der Waals surface area contributed by atoms with E-state index >= 15 is 0 Å². The highest BCUT2D eigenvalue weighted by Gasteiger charge is 2.35. The standard InChI is InChI=1S/C19H16F5NO6S/c1-3-30-19(27)12(25-9(2)26)8-10-4-6-11(7-5-10)31-32(28,29)18-16(23)14(21)13(20)15(22)17(18)24/h4-7,12H,3,8H2,1-2H3,(H,25,26)/t12-/m0/s1. The first kappa shape index (κ1) is 25.0. The Hall–Kier alpha value is -3.22. The van der Waals surface area contributed by atoms with E-state index in [1.165, 1.54) is 19.1 Å². The Morgan fingerprint density at radius 3 is 1.91 bits per heavy atom. The fourth-order valence-corrected chi connectivity index (χ4v) is 3.64. The Balaban J connectivity index is 2.27. The van der Waals surface area contributed by atoms with Crippen LogP contribution in [0.1, 0.15) is 19.4 Å². The molecule has 0 saturated carbocycles. The van der Waals surface area contributed by atoms with Gasteiger partial charge in [0.1, 0.15) is 11.8 Å². The van der Waals surface area contributed by atoms with Gasteiger partial charge < -0.3 is 14.2 Å². The Bertz CT molecular complexity index is 1110. The lowest BCUT2D eigenvalue weighted by Crippen LogP contribution is -2.42. The number of halogens is 5. The van der Waals surface area contributed by atoms with Crippen LogP contribution in [0.15, 0.2) is 29.2 Å². The molecule has 0 bridgehead atoms. The van der Waals surface area contributed by atoms with E-state index in [0.717, 1.165) is 12.1 Å². The van der Waals surface area contributed by atoms with Gasteiger partial charge in [-0.1, -0.05) is 12.1 Å². The van der Waals surface area contributed by atoms with Gasteiger partial charge in [-0.3, -0.25) is 4.79 Å². The van der Waals surface area contributed by atoms with Crippen LogP contribution in [0.5, 0.6) is 5.75 Å². The van der Waals surface area contributed by atoms with Crippen molar-refractivity contribution < 1.29 is 48.9 Å². The summed E-state index contributed by atoms with van der Waals surface area (Å²) in [6, 6.07) is 3.52. The van der Waals surface area contributed by atoms with Crippen LogP contribution in [0.25, 0.3) is 0 Å². The van der Waals surface area contributed by atoms with Gasteiger partial charge in [0.2, 0.25) is 11.7 Å². The summed E-state index contributed by atoms with van der Waals surface area (Å²) in [6.07, 6.45) is -0.0525. The highest BCUT2D eigenvalue weighted by Crippen LogP contribution is 2.29. The average molecular weight is 481 g/mol. The number of amides is 1. The maximum atomic E-state index is 13.8. The maximum Gasteiger partial charge on any atom is 0.345 e. The zero-order valence-corrected chi connectivity index (χ0v) is 17.4. The van der Waals surface area contributed by atoms with E-state index in [2.05, 4.69) is 9.50 Å². The summed E-state index contributed by atoms with van der Waals surface area (Å²) in [5.41, 5.74) is 0.401. The molecule has 2 aromatic carbocycles. The quantitative estimate of drug-likeness (QED) is 0.205. The van der Waals surface area contributed by atoms with E-state index in [-0.39, 0.29) is 13.0 Å². The smallest absolute Gasteiger partial charge is 0.345 e. The Kier molecular flexibility index (Phi) is 7.78. The van der Waals surface area contributed by atoms with Crippen molar-refractivity contribution in [1.82, 2.24) is 5.32 Å². The second-order valence-corrected chi connectivity index (χ2v) is 7.77. The van der Waals surface area contributed by atoms with E-state index in [4.69, 9.17) is 4.74 Å². The fraction of sp³-hybridized carbons (Fsp3) is 0.263. The van der Waals surface area contributed by atoms with Crippen LogP contribution in [-0.4, -0.2) is 32.9 Å². The second-order valence-electron chi connectivity index (χ2n) is 6.29. The molecule has 7 nitrogen and oxygen atoms in total. The van der Waals surface area contributed by atoms with Crippen LogP contribution in [-0.2, 0) is 30.9 Å². The summed E-state index contributed by atoms with van der Waals surface area (Å²) < 4.78 is 101. The summed E-state index contributed by atoms with van der Waals surface area (Å²) in [5, 5.41) is 2.39. The van der Waals surface area contributed by atoms with E-state index in [0.29, 0.717) is 5.56 Å². The van der Waals surface area contributed by atoms with Crippen LogP contribution >= 0.6 is 0 Å². The van der Waals surface area contributed by atoms with Crippen LogP contribution in [0, 0.1) is 29.1 Å². The first-order valence-corrected chi connectivity index (χ1v) is 10.3. The third kappa shape index (κ3) is 5.52. The summed E-state index contributed by atoms with van der Waals surface area (Å²) in [5.74, 6) is -14.2. The van der Waals surface area contributed by atoms with Gasteiger partial charge in [0.25, 0.3) is 0 Å². The number of hydrogen-bond donors (Lipinski definition) is 1. The van der Waals surface area contributed by atoms with Gasteiger partial charge in [0.05, 0.1) is 6.61 Å². The number of ether oxygens (including phenoxy) is 1. The number of carbonyl (C=O) groups excluding carboxylic acids is 2. The minimum atomic E-state index is -5.44. The van der Waals surface area contributed by atoms with Crippen LogP contribution < -0.4 is 9.50 Å². The topological polar surface area (TPSA) is 98.8 Å². The molecular formula is C19H16F5NO6S. The molecule has 13 heteroatoms. The zero-order valence-electron chi connectivity index (χ0n) is 16.5. The monoisotopic (exact) mass is 481 g/mol. The van der Waals surface area contributed by atoms with Crippen molar-refractivity contribution in [3.05, 3.63) is 58.9 Å². The highest BCUT2D eigenvalue weighted by atomic mass is 32.2. The number of esters is 1. The van der Waals surface area contributed by atoms with E-state index < -0.39 is 67.8 Å². The summed E-state index contributed by atoms with van der Waals surface area (Å²) >= 11 is 0. The minimum Gasteiger partial charge on any atom is -0.464 e. The Morgan fingerprint density at radius 1 is 0.938 bits per heavy atom. The molecule has 1 atom stereocenters. The number of benzene rings is 2. The third-order valence-corrected chi connectivity index (χ3v) is 5.21. The zero-order chi connectivity index (χ0) is 24.2. The molecule has 0 saturated heterocycles. The molecular weight excluding hydrogens is 465 g/mol. The molecule has 0 spiro atoms. The van der Waals surface area contributed by atoms with Gasteiger partial charge in [0.15, 0.2) is 28.2 Å². The number of hydrogen-bond acceptors (Lipinski definition) is 6. The normalized spacial score (nSPS) is 12.2. The van der Waals surface area contributed by atoms with Crippen molar-refractivity contribution in [3.8, 4) is 5.75 Å². The van der Waals surface area contributed by atoms with Crippen molar-refractivity contribution in [1.29, 1.82) is 0 Å². The molecule has 0 unspecified atom stereocenters. The first-order chi connectivity index (χ1) is 14.9. The molecule has 1 amide bonds. The Morgan fingerprint density at radius 2 is 1.44 bits per heavy atom. The molecule has 32 heavy (non-hydrogen) atoms. The van der Waals surface area contributed by atoms with Gasteiger partial charge >= 0.3 is 16.1 Å². The second kappa shape index (κ2) is 9.94. The lowest BCUT2D eigenvalue weighted by atomic mass is 10.1. The van der Waals surface area contributed by atoms with Crippen molar-refractivity contribution in [2.24, 2.45) is 0 Å². The van der Waals surface area contributed by atoms with Crippen LogP contribution in [0.3, 0.4) is 0 Å². The minimum absolute atomic E-state index is 0.0525. The predicted molar refractivity (Wildman–Crippen MR) is 98.4 cm³/mol. The van der Waals surface area contributed by atoms with Gasteiger partial charge in [0, 0.05) is 13.3 Å². The largest absolute Gasteiger partial charge is 0.464 e. The maximum absolute atomic E-state index is 13.8. The van der Waals surface area contributed by atoms with E-state index in [1.54, 1.807) is 6.92 Å². The first-order valence-electron chi connectivity index (χ1n) is 8.87. The summed E-state index contributed by atoms with van der Waals surface area (Å²) in [7, 11) is -5.44. The van der Waals surface area contributed by atoms with Crippen molar-refractivity contribution >= 4 is 22.0 Å². The SMILES string of the molecule is CCOC(=O)[C@H](Cc1ccc(OS(=O)(=O)c2c(F)c(F)c(F)c(F)c2F)cc1)NC(C)=O. The molecule has 0 fully saturated rings. The molecule has 0 radical (unpaired) electrons. The molecule has 174 valence electrons. The van der Waals surface area contributed by atoms with Crippen LogP contribution in [0.2, 0.25) is 0 Å². The summed E-state index contributed by atoms with van der Waals surface area (Å²) in [4.78, 5) is 21.1. The van der Waals surface area contributed by atoms with Gasteiger partial charge in [-0.05, 0) is 24.6 Å². The van der Waals surface area contributed by atoms with Crippen LogP contribution in [0.4, 0.5) is 22.0 Å². The van der Waals surface area contributed by atoms with Crippen molar-refractivity contribution in [2.45, 2.75) is 31.2 Å². The Labute approximate surface area is 179 Å². The molecule has 0 aromatic heterocycles. The van der Waals surface area contributed by atoms with Gasteiger partial charge in [-0.2, -0.15) is 8.42 Å². The number of rotatable bonds is 8. The highest BCUT2D eigenvalue weighted by molar-refractivity contribution is 7.87. The summed E-state index contributed by atoms with van der Waals surface area (Å²) in [6.45, 7) is 2.82. The number of nitrogens with one attached hydrogen (secondary N) is 1. The molecule has 0 aliphatic carbocycles. The molecule has 0 heterocycles. The fourth-order valence-electron chi connectivity index (χ4n) is 2.57. The van der Waals surface area contributed by atoms with E-state index in [9.17, 15) is 40.0 Å².